The fourth-order valence-corrected chi connectivity index (χ4v) is 1.86. The van der Waals surface area contributed by atoms with Crippen molar-refractivity contribution < 1.29 is 4.79 Å². The Hall–Kier alpha value is -1.52. The van der Waals surface area contributed by atoms with Gasteiger partial charge < -0.3 is 5.73 Å². The predicted molar refractivity (Wildman–Crippen MR) is 57.2 cm³/mol. The summed E-state index contributed by atoms with van der Waals surface area (Å²) in [5.41, 5.74) is 5.49. The summed E-state index contributed by atoms with van der Waals surface area (Å²) in [5.74, 6) is -0.469. The molecule has 0 unspecified atom stereocenters. The summed E-state index contributed by atoms with van der Waals surface area (Å²) in [6.45, 7) is 2.00. The van der Waals surface area contributed by atoms with Gasteiger partial charge in [-0.25, -0.2) is 0 Å². The van der Waals surface area contributed by atoms with Gasteiger partial charge in [-0.1, -0.05) is 12.8 Å². The van der Waals surface area contributed by atoms with Crippen LogP contribution in [-0.4, -0.2) is 28.9 Å². The molecule has 1 saturated heterocycles. The highest BCUT2D eigenvalue weighted by Crippen LogP contribution is 2.08. The van der Waals surface area contributed by atoms with Crippen LogP contribution in [0.15, 0.2) is 12.3 Å². The van der Waals surface area contributed by atoms with Crippen molar-refractivity contribution in [3.63, 3.8) is 0 Å². The number of carbonyl (C=O) groups is 1. The molecule has 1 amide bonds. The number of aromatic nitrogens is 2. The Morgan fingerprint density at radius 1 is 1.27 bits per heavy atom. The van der Waals surface area contributed by atoms with Gasteiger partial charge in [0.2, 0.25) is 0 Å². The standard InChI is InChI=1S/C10H16N4O/c11-10(15)9-5-8-14(12-9)13-6-3-1-2-4-7-13/h5,8H,1-4,6-7H2,(H2,11,15). The lowest BCUT2D eigenvalue weighted by Gasteiger charge is -2.21. The lowest BCUT2D eigenvalue weighted by Crippen LogP contribution is -2.36. The zero-order valence-corrected chi connectivity index (χ0v) is 8.72. The maximum absolute atomic E-state index is 10.9. The Bertz CT molecular complexity index is 339. The van der Waals surface area contributed by atoms with Crippen LogP contribution < -0.4 is 10.7 Å². The largest absolute Gasteiger partial charge is 0.364 e. The van der Waals surface area contributed by atoms with Crippen LogP contribution in [0.3, 0.4) is 0 Å². The second kappa shape index (κ2) is 4.33. The van der Waals surface area contributed by atoms with Gasteiger partial charge in [0, 0.05) is 19.3 Å². The van der Waals surface area contributed by atoms with Crippen LogP contribution in [0.1, 0.15) is 36.2 Å². The van der Waals surface area contributed by atoms with E-state index < -0.39 is 5.91 Å². The maximum Gasteiger partial charge on any atom is 0.269 e. The van der Waals surface area contributed by atoms with E-state index in [-0.39, 0.29) is 0 Å². The number of carbonyl (C=O) groups excluding carboxylic acids is 1. The first-order valence-electron chi connectivity index (χ1n) is 5.38. The number of hydrogen-bond acceptors (Lipinski definition) is 3. The zero-order chi connectivity index (χ0) is 10.7. The number of amides is 1. The van der Waals surface area contributed by atoms with Crippen molar-refractivity contribution in [2.75, 3.05) is 18.1 Å². The smallest absolute Gasteiger partial charge is 0.269 e. The first-order valence-corrected chi connectivity index (χ1v) is 5.38. The molecule has 0 spiro atoms. The normalized spacial score (nSPS) is 17.5. The van der Waals surface area contributed by atoms with Gasteiger partial charge in [0.05, 0.1) is 0 Å². The minimum Gasteiger partial charge on any atom is -0.364 e. The quantitative estimate of drug-likeness (QED) is 0.769. The molecule has 1 fully saturated rings. The van der Waals surface area contributed by atoms with E-state index in [4.69, 9.17) is 5.73 Å². The van der Waals surface area contributed by atoms with Crippen molar-refractivity contribution in [3.8, 4) is 0 Å². The molecule has 5 heteroatoms. The lowest BCUT2D eigenvalue weighted by atomic mass is 10.2. The summed E-state index contributed by atoms with van der Waals surface area (Å²) in [4.78, 5) is 12.6. The summed E-state index contributed by atoms with van der Waals surface area (Å²) in [6.07, 6.45) is 6.73. The Balaban J connectivity index is 2.10. The summed E-state index contributed by atoms with van der Waals surface area (Å²) in [6, 6.07) is 1.66. The molecular weight excluding hydrogens is 192 g/mol. The topological polar surface area (TPSA) is 64.2 Å². The lowest BCUT2D eigenvalue weighted by molar-refractivity contribution is 0.0994. The summed E-state index contributed by atoms with van der Waals surface area (Å²) in [5, 5.41) is 6.30. The number of hydrogen-bond donors (Lipinski definition) is 1. The highest BCUT2D eigenvalue weighted by molar-refractivity contribution is 5.90. The van der Waals surface area contributed by atoms with Crippen LogP contribution in [0.2, 0.25) is 0 Å². The molecule has 82 valence electrons. The summed E-state index contributed by atoms with van der Waals surface area (Å²) < 4.78 is 0. The molecule has 5 nitrogen and oxygen atoms in total. The average molecular weight is 208 g/mol. The highest BCUT2D eigenvalue weighted by Gasteiger charge is 2.12. The van der Waals surface area contributed by atoms with Crippen LogP contribution in [0, 0.1) is 0 Å². The molecule has 0 aromatic carbocycles. The van der Waals surface area contributed by atoms with Gasteiger partial charge in [0.15, 0.2) is 5.69 Å². The van der Waals surface area contributed by atoms with Gasteiger partial charge in [0.25, 0.3) is 5.91 Å². The highest BCUT2D eigenvalue weighted by atomic mass is 16.1. The molecule has 2 heterocycles. The summed E-state index contributed by atoms with van der Waals surface area (Å²) in [7, 11) is 0. The Labute approximate surface area is 88.8 Å². The third-order valence-electron chi connectivity index (χ3n) is 2.70. The van der Waals surface area contributed by atoms with Crippen LogP contribution >= 0.6 is 0 Å². The second-order valence-electron chi connectivity index (χ2n) is 3.85. The van der Waals surface area contributed by atoms with Gasteiger partial charge in [-0.15, -0.1) is 5.10 Å². The van der Waals surface area contributed by atoms with Crippen LogP contribution in [-0.2, 0) is 0 Å². The van der Waals surface area contributed by atoms with Gasteiger partial charge in [-0.05, 0) is 18.9 Å². The maximum atomic E-state index is 10.9. The Morgan fingerprint density at radius 3 is 2.47 bits per heavy atom. The minimum absolute atomic E-state index is 0.333. The molecule has 0 aliphatic carbocycles. The van der Waals surface area contributed by atoms with Crippen molar-refractivity contribution in [3.05, 3.63) is 18.0 Å². The van der Waals surface area contributed by atoms with Gasteiger partial charge in [-0.3, -0.25) is 9.80 Å². The van der Waals surface area contributed by atoms with E-state index in [1.54, 1.807) is 17.1 Å². The number of nitrogens with two attached hydrogens (primary N) is 1. The molecular formula is C10H16N4O. The van der Waals surface area contributed by atoms with E-state index in [2.05, 4.69) is 10.1 Å². The van der Waals surface area contributed by atoms with Gasteiger partial charge >= 0.3 is 0 Å². The second-order valence-corrected chi connectivity index (χ2v) is 3.85. The molecule has 1 aromatic heterocycles. The summed E-state index contributed by atoms with van der Waals surface area (Å²) >= 11 is 0. The fourth-order valence-electron chi connectivity index (χ4n) is 1.86. The molecule has 0 atom stereocenters. The molecule has 1 aromatic rings. The number of nitrogens with zero attached hydrogens (tertiary/aromatic N) is 3. The van der Waals surface area contributed by atoms with Crippen molar-refractivity contribution in [1.29, 1.82) is 0 Å². The molecule has 0 bridgehead atoms. The van der Waals surface area contributed by atoms with Crippen molar-refractivity contribution in [1.82, 2.24) is 9.89 Å². The van der Waals surface area contributed by atoms with Crippen molar-refractivity contribution in [2.45, 2.75) is 25.7 Å². The van der Waals surface area contributed by atoms with Gasteiger partial charge in [0.1, 0.15) is 0 Å². The van der Waals surface area contributed by atoms with E-state index in [0.29, 0.717) is 5.69 Å². The van der Waals surface area contributed by atoms with Crippen LogP contribution in [0.4, 0.5) is 0 Å². The fraction of sp³-hybridized carbons (Fsp3) is 0.600. The first-order chi connectivity index (χ1) is 7.27. The Kier molecular flexibility index (Phi) is 2.89. The third-order valence-corrected chi connectivity index (χ3v) is 2.70. The molecule has 1 aliphatic heterocycles. The van der Waals surface area contributed by atoms with Crippen molar-refractivity contribution >= 4 is 5.91 Å². The molecule has 1 aliphatic rings. The minimum atomic E-state index is -0.469. The van der Waals surface area contributed by atoms with E-state index in [9.17, 15) is 4.79 Å². The average Bonchev–Trinajstić information content (AvgIpc) is 2.55. The SMILES string of the molecule is NC(=O)c1ccn(N2CCCCCC2)n1. The Morgan fingerprint density at radius 2 is 1.93 bits per heavy atom. The van der Waals surface area contributed by atoms with Crippen molar-refractivity contribution in [2.24, 2.45) is 5.73 Å². The molecule has 0 saturated carbocycles. The molecule has 0 radical (unpaired) electrons. The van der Waals surface area contributed by atoms with Crippen LogP contribution in [0.25, 0.3) is 0 Å². The van der Waals surface area contributed by atoms with E-state index in [1.807, 2.05) is 0 Å². The van der Waals surface area contributed by atoms with Crippen LogP contribution in [0.5, 0.6) is 0 Å². The molecule has 2 rings (SSSR count). The zero-order valence-electron chi connectivity index (χ0n) is 8.72. The number of primary amides is 1. The predicted octanol–water partition coefficient (Wildman–Crippen LogP) is 0.494. The first kappa shape index (κ1) is 10.0. The molecule has 2 N–H and O–H groups in total. The molecule has 15 heavy (non-hydrogen) atoms. The van der Waals surface area contributed by atoms with E-state index in [1.165, 1.54) is 25.7 Å². The third kappa shape index (κ3) is 2.29. The van der Waals surface area contributed by atoms with E-state index >= 15 is 0 Å². The van der Waals surface area contributed by atoms with E-state index in [0.717, 1.165) is 13.1 Å². The van der Waals surface area contributed by atoms with Gasteiger partial charge in [-0.2, -0.15) is 4.79 Å². The monoisotopic (exact) mass is 208 g/mol. The number of rotatable bonds is 2.